The van der Waals surface area contributed by atoms with E-state index in [1.54, 1.807) is 19.2 Å². The number of hydrogen-bond acceptors (Lipinski definition) is 5. The lowest BCUT2D eigenvalue weighted by Crippen LogP contribution is -2.16. The Labute approximate surface area is 137 Å². The molecule has 0 aliphatic rings. The molecule has 0 saturated heterocycles. The van der Waals surface area contributed by atoms with Crippen molar-refractivity contribution in [2.24, 2.45) is 0 Å². The van der Waals surface area contributed by atoms with E-state index in [1.165, 1.54) is 0 Å². The third-order valence-corrected chi connectivity index (χ3v) is 3.84. The average Bonchev–Trinajstić information content (AvgIpc) is 2.60. The molecule has 0 saturated carbocycles. The molecule has 0 bridgehead atoms. The second-order valence-corrected chi connectivity index (χ2v) is 5.08. The molecule has 0 atom stereocenters. The van der Waals surface area contributed by atoms with Gasteiger partial charge in [-0.25, -0.2) is 0 Å². The summed E-state index contributed by atoms with van der Waals surface area (Å²) in [6.07, 6.45) is 0. The first-order valence-corrected chi connectivity index (χ1v) is 7.04. The number of methoxy groups -OCH3 is 1. The minimum absolute atomic E-state index is 0.0589. The van der Waals surface area contributed by atoms with Gasteiger partial charge in [0.1, 0.15) is 34.8 Å². The summed E-state index contributed by atoms with van der Waals surface area (Å²) < 4.78 is 5.36. The number of aromatic nitrogens is 1. The first kappa shape index (κ1) is 15.1. The van der Waals surface area contributed by atoms with Crippen LogP contribution in [0.25, 0.3) is 21.9 Å². The predicted molar refractivity (Wildman–Crippen MR) is 90.4 cm³/mol. The minimum Gasteiger partial charge on any atom is -0.496 e. The van der Waals surface area contributed by atoms with Gasteiger partial charge in [-0.1, -0.05) is 24.3 Å². The number of nitrogens with two attached hydrogens (primary N) is 1. The van der Waals surface area contributed by atoms with E-state index in [2.05, 4.69) is 4.98 Å². The Hall–Kier alpha value is -3.77. The molecular weight excluding hydrogens is 304 g/mol. The maximum absolute atomic E-state index is 12.1. The number of fused-ring (bicyclic) bond motifs is 1. The highest BCUT2D eigenvalue weighted by atomic mass is 16.5. The Kier molecular flexibility index (Phi) is 3.65. The topological polar surface area (TPSA) is 116 Å². The van der Waals surface area contributed by atoms with Crippen LogP contribution in [0.5, 0.6) is 5.75 Å². The summed E-state index contributed by atoms with van der Waals surface area (Å²) in [5, 5.41) is 20.4. The molecule has 0 spiro atoms. The first-order valence-electron chi connectivity index (χ1n) is 7.04. The third kappa shape index (κ3) is 2.15. The maximum atomic E-state index is 12.1. The van der Waals surface area contributed by atoms with E-state index in [0.717, 1.165) is 10.8 Å². The molecule has 0 fully saturated rings. The van der Waals surface area contributed by atoms with E-state index in [-0.39, 0.29) is 22.5 Å². The highest BCUT2D eigenvalue weighted by Crippen LogP contribution is 2.37. The SMILES string of the molecule is COc1ccc(-c2c(C#N)c(N)[nH]c(=O)c2C#N)c2ccccc12. The zero-order valence-corrected chi connectivity index (χ0v) is 12.8. The van der Waals surface area contributed by atoms with Crippen molar-refractivity contribution in [2.45, 2.75) is 0 Å². The average molecular weight is 316 g/mol. The summed E-state index contributed by atoms with van der Waals surface area (Å²) in [7, 11) is 1.56. The van der Waals surface area contributed by atoms with Gasteiger partial charge in [0.2, 0.25) is 0 Å². The Balaban J connectivity index is 2.53. The molecule has 6 heteroatoms. The molecular formula is C18H12N4O2. The molecule has 0 radical (unpaired) electrons. The molecule has 0 aliphatic carbocycles. The second kappa shape index (κ2) is 5.79. The van der Waals surface area contributed by atoms with Crippen LogP contribution in [0.15, 0.2) is 41.2 Å². The van der Waals surface area contributed by atoms with E-state index in [9.17, 15) is 15.3 Å². The van der Waals surface area contributed by atoms with Gasteiger partial charge in [0.25, 0.3) is 5.56 Å². The van der Waals surface area contributed by atoms with E-state index >= 15 is 0 Å². The first-order chi connectivity index (χ1) is 11.6. The molecule has 0 amide bonds. The van der Waals surface area contributed by atoms with Crippen LogP contribution in [-0.2, 0) is 0 Å². The molecule has 3 rings (SSSR count). The van der Waals surface area contributed by atoms with E-state index < -0.39 is 5.56 Å². The number of anilines is 1. The van der Waals surface area contributed by atoms with Crippen molar-refractivity contribution in [1.29, 1.82) is 10.5 Å². The number of pyridine rings is 1. The Morgan fingerprint density at radius 3 is 2.33 bits per heavy atom. The monoisotopic (exact) mass is 316 g/mol. The quantitative estimate of drug-likeness (QED) is 0.753. The van der Waals surface area contributed by atoms with Crippen LogP contribution in [0, 0.1) is 22.7 Å². The van der Waals surface area contributed by atoms with Gasteiger partial charge in [-0.2, -0.15) is 10.5 Å². The van der Waals surface area contributed by atoms with Gasteiger partial charge in [0.15, 0.2) is 0 Å². The fraction of sp³-hybridized carbons (Fsp3) is 0.0556. The summed E-state index contributed by atoms with van der Waals surface area (Å²) in [6.45, 7) is 0. The van der Waals surface area contributed by atoms with Crippen LogP contribution in [0.2, 0.25) is 0 Å². The zero-order chi connectivity index (χ0) is 17.3. The van der Waals surface area contributed by atoms with Gasteiger partial charge in [-0.3, -0.25) is 4.79 Å². The number of nitrogen functional groups attached to an aromatic ring is 1. The van der Waals surface area contributed by atoms with Gasteiger partial charge in [-0.05, 0) is 23.1 Å². The zero-order valence-electron chi connectivity index (χ0n) is 12.8. The molecule has 2 aromatic carbocycles. The van der Waals surface area contributed by atoms with Crippen LogP contribution >= 0.6 is 0 Å². The van der Waals surface area contributed by atoms with Gasteiger partial charge in [-0.15, -0.1) is 0 Å². The molecule has 3 aromatic rings. The van der Waals surface area contributed by atoms with E-state index in [1.807, 2.05) is 36.4 Å². The van der Waals surface area contributed by atoms with Crippen LogP contribution < -0.4 is 16.0 Å². The van der Waals surface area contributed by atoms with Gasteiger partial charge in [0.05, 0.1) is 7.11 Å². The van der Waals surface area contributed by atoms with Crippen molar-refractivity contribution in [3.63, 3.8) is 0 Å². The molecule has 6 nitrogen and oxygen atoms in total. The number of nitrogens with zero attached hydrogens (tertiary/aromatic N) is 2. The van der Waals surface area contributed by atoms with Crippen LogP contribution in [0.3, 0.4) is 0 Å². The van der Waals surface area contributed by atoms with Gasteiger partial charge < -0.3 is 15.5 Å². The third-order valence-electron chi connectivity index (χ3n) is 3.84. The molecule has 24 heavy (non-hydrogen) atoms. The summed E-state index contributed by atoms with van der Waals surface area (Å²) in [6, 6.07) is 14.7. The number of ether oxygens (including phenoxy) is 1. The largest absolute Gasteiger partial charge is 0.496 e. The van der Waals surface area contributed by atoms with Gasteiger partial charge in [0, 0.05) is 10.9 Å². The smallest absolute Gasteiger partial charge is 0.268 e. The van der Waals surface area contributed by atoms with Gasteiger partial charge >= 0.3 is 0 Å². The summed E-state index contributed by atoms with van der Waals surface area (Å²) in [4.78, 5) is 14.4. The highest BCUT2D eigenvalue weighted by Gasteiger charge is 2.20. The second-order valence-electron chi connectivity index (χ2n) is 5.08. The Morgan fingerprint density at radius 1 is 1.04 bits per heavy atom. The summed E-state index contributed by atoms with van der Waals surface area (Å²) in [5.74, 6) is 0.598. The maximum Gasteiger partial charge on any atom is 0.268 e. The number of nitriles is 2. The Bertz CT molecular complexity index is 1100. The van der Waals surface area contributed by atoms with E-state index in [0.29, 0.717) is 11.3 Å². The minimum atomic E-state index is -0.621. The van der Waals surface area contributed by atoms with Crippen molar-refractivity contribution in [3.05, 3.63) is 57.9 Å². The number of benzene rings is 2. The lowest BCUT2D eigenvalue weighted by Gasteiger charge is -2.13. The van der Waals surface area contributed by atoms with Crippen molar-refractivity contribution >= 4 is 16.6 Å². The number of rotatable bonds is 2. The molecule has 3 N–H and O–H groups in total. The van der Waals surface area contributed by atoms with E-state index in [4.69, 9.17) is 10.5 Å². The fourth-order valence-electron chi connectivity index (χ4n) is 2.78. The van der Waals surface area contributed by atoms with Crippen molar-refractivity contribution < 1.29 is 4.74 Å². The van der Waals surface area contributed by atoms with Crippen LogP contribution in [0.1, 0.15) is 11.1 Å². The van der Waals surface area contributed by atoms with Crippen LogP contribution in [0.4, 0.5) is 5.82 Å². The standard InChI is InChI=1S/C18H12N4O2/c1-24-15-7-6-12(10-4-2-3-5-11(10)15)16-13(8-19)17(21)22-18(23)14(16)9-20/h2-7H,1H3,(H3,21,22,23). The van der Waals surface area contributed by atoms with Crippen molar-refractivity contribution in [1.82, 2.24) is 4.98 Å². The lowest BCUT2D eigenvalue weighted by molar-refractivity contribution is 0.420. The molecule has 0 unspecified atom stereocenters. The summed E-state index contributed by atoms with van der Waals surface area (Å²) in [5.41, 5.74) is 5.91. The van der Waals surface area contributed by atoms with Crippen molar-refractivity contribution in [3.8, 4) is 29.0 Å². The molecule has 0 aliphatic heterocycles. The number of aromatic amines is 1. The van der Waals surface area contributed by atoms with Crippen LogP contribution in [-0.4, -0.2) is 12.1 Å². The lowest BCUT2D eigenvalue weighted by atomic mass is 9.92. The number of hydrogen-bond donors (Lipinski definition) is 2. The Morgan fingerprint density at radius 2 is 1.71 bits per heavy atom. The number of nitrogens with one attached hydrogen (secondary N) is 1. The normalized spacial score (nSPS) is 10.1. The van der Waals surface area contributed by atoms with Crippen molar-refractivity contribution in [2.75, 3.05) is 12.8 Å². The highest BCUT2D eigenvalue weighted by molar-refractivity contribution is 6.02. The molecule has 1 aromatic heterocycles. The molecule has 1 heterocycles. The number of H-pyrrole nitrogens is 1. The predicted octanol–water partition coefficient (Wildman–Crippen LogP) is 2.53. The summed E-state index contributed by atoms with van der Waals surface area (Å²) >= 11 is 0. The molecule has 116 valence electrons. The fourth-order valence-corrected chi connectivity index (χ4v) is 2.78.